The second-order valence-electron chi connectivity index (χ2n) is 4.41. The van der Waals surface area contributed by atoms with Crippen LogP contribution in [0.15, 0.2) is 18.2 Å². The maximum absolute atomic E-state index is 10.3. The predicted molar refractivity (Wildman–Crippen MR) is 80.1 cm³/mol. The lowest BCUT2D eigenvalue weighted by molar-refractivity contribution is -0.137. The Hall–Kier alpha value is -1.21. The molecule has 0 radical (unpaired) electrons. The molecule has 0 fully saturated rings. The molecule has 0 heterocycles. The molecule has 0 saturated carbocycles. The minimum Gasteiger partial charge on any atom is -0.481 e. The second-order valence-corrected chi connectivity index (χ2v) is 5.22. The number of hydrogen-bond acceptors (Lipinski definition) is 2. The van der Waals surface area contributed by atoms with Gasteiger partial charge in [-0.25, -0.2) is 0 Å². The molecular formula is C15H16Cl2O3. The van der Waals surface area contributed by atoms with Gasteiger partial charge in [0.2, 0.25) is 0 Å². The standard InChI is InChI=1S/C15H16Cl2O3/c16-13-9-8-11(10-14(13)17)4-1-2-5-12(18)6-3-7-15(19)20/h8-10,12,18H,2-3,5-7H2,(H,19,20). The molecule has 108 valence electrons. The van der Waals surface area contributed by atoms with Crippen LogP contribution in [-0.2, 0) is 4.79 Å². The van der Waals surface area contributed by atoms with Crippen molar-refractivity contribution >= 4 is 29.2 Å². The van der Waals surface area contributed by atoms with Gasteiger partial charge in [0.25, 0.3) is 0 Å². The summed E-state index contributed by atoms with van der Waals surface area (Å²) in [6.45, 7) is 0. The first kappa shape index (κ1) is 16.8. The number of carbonyl (C=O) groups is 1. The van der Waals surface area contributed by atoms with Gasteiger partial charge in [0.05, 0.1) is 16.1 Å². The fourth-order valence-corrected chi connectivity index (χ4v) is 1.91. The van der Waals surface area contributed by atoms with Crippen molar-refractivity contribution < 1.29 is 15.0 Å². The molecule has 0 saturated heterocycles. The Bertz CT molecular complexity index is 518. The van der Waals surface area contributed by atoms with Crippen LogP contribution in [0.25, 0.3) is 0 Å². The highest BCUT2D eigenvalue weighted by atomic mass is 35.5. The van der Waals surface area contributed by atoms with Gasteiger partial charge in [-0.3, -0.25) is 4.79 Å². The molecule has 0 bridgehead atoms. The van der Waals surface area contributed by atoms with Gasteiger partial charge in [0.15, 0.2) is 0 Å². The second kappa shape index (κ2) is 8.86. The molecule has 2 N–H and O–H groups in total. The third kappa shape index (κ3) is 6.81. The number of hydrogen-bond donors (Lipinski definition) is 2. The van der Waals surface area contributed by atoms with E-state index in [4.69, 9.17) is 28.3 Å². The Morgan fingerprint density at radius 2 is 2.00 bits per heavy atom. The lowest BCUT2D eigenvalue weighted by Gasteiger charge is -2.06. The monoisotopic (exact) mass is 314 g/mol. The van der Waals surface area contributed by atoms with Crippen LogP contribution in [0.4, 0.5) is 0 Å². The molecule has 0 spiro atoms. The predicted octanol–water partition coefficient (Wildman–Crippen LogP) is 3.74. The van der Waals surface area contributed by atoms with Crippen molar-refractivity contribution in [2.45, 2.75) is 38.2 Å². The molecule has 1 rings (SSSR count). The molecule has 0 aliphatic carbocycles. The molecule has 3 nitrogen and oxygen atoms in total. The first-order valence-electron chi connectivity index (χ1n) is 6.33. The molecule has 0 aliphatic rings. The number of carboxylic acids is 1. The van der Waals surface area contributed by atoms with E-state index in [2.05, 4.69) is 11.8 Å². The van der Waals surface area contributed by atoms with Crippen LogP contribution < -0.4 is 0 Å². The highest BCUT2D eigenvalue weighted by Gasteiger charge is 2.04. The summed E-state index contributed by atoms with van der Waals surface area (Å²) in [5.41, 5.74) is 0.778. The summed E-state index contributed by atoms with van der Waals surface area (Å²) in [6.07, 6.45) is 1.64. The minimum absolute atomic E-state index is 0.0893. The topological polar surface area (TPSA) is 57.5 Å². The van der Waals surface area contributed by atoms with Crippen LogP contribution in [0.1, 0.15) is 37.7 Å². The molecule has 1 aromatic rings. The van der Waals surface area contributed by atoms with E-state index in [9.17, 15) is 9.90 Å². The van der Waals surface area contributed by atoms with E-state index in [1.54, 1.807) is 18.2 Å². The van der Waals surface area contributed by atoms with E-state index in [1.165, 1.54) is 0 Å². The summed E-state index contributed by atoms with van der Waals surface area (Å²) in [4.78, 5) is 10.3. The summed E-state index contributed by atoms with van der Waals surface area (Å²) >= 11 is 11.7. The Morgan fingerprint density at radius 3 is 2.65 bits per heavy atom. The Morgan fingerprint density at radius 1 is 1.25 bits per heavy atom. The van der Waals surface area contributed by atoms with E-state index >= 15 is 0 Å². The van der Waals surface area contributed by atoms with Gasteiger partial charge in [0, 0.05) is 18.4 Å². The van der Waals surface area contributed by atoms with Gasteiger partial charge in [-0.05, 0) is 37.5 Å². The van der Waals surface area contributed by atoms with Crippen LogP contribution >= 0.6 is 23.2 Å². The summed E-state index contributed by atoms with van der Waals surface area (Å²) in [5, 5.41) is 19.1. The van der Waals surface area contributed by atoms with E-state index < -0.39 is 12.1 Å². The smallest absolute Gasteiger partial charge is 0.303 e. The maximum atomic E-state index is 10.3. The molecule has 1 unspecified atom stereocenters. The highest BCUT2D eigenvalue weighted by Crippen LogP contribution is 2.22. The quantitative estimate of drug-likeness (QED) is 0.786. The zero-order valence-corrected chi connectivity index (χ0v) is 12.4. The van der Waals surface area contributed by atoms with Crippen molar-refractivity contribution in [3.63, 3.8) is 0 Å². The van der Waals surface area contributed by atoms with Gasteiger partial charge in [-0.2, -0.15) is 0 Å². The van der Waals surface area contributed by atoms with Gasteiger partial charge in [0.1, 0.15) is 0 Å². The summed E-state index contributed by atoms with van der Waals surface area (Å²) < 4.78 is 0. The van der Waals surface area contributed by atoms with E-state index in [0.717, 1.165) is 5.56 Å². The number of carboxylic acid groups (broad SMARTS) is 1. The fraction of sp³-hybridized carbons (Fsp3) is 0.400. The maximum Gasteiger partial charge on any atom is 0.303 e. The van der Waals surface area contributed by atoms with Crippen molar-refractivity contribution in [1.29, 1.82) is 0 Å². The lowest BCUT2D eigenvalue weighted by Crippen LogP contribution is -2.07. The average molecular weight is 315 g/mol. The third-order valence-electron chi connectivity index (χ3n) is 2.68. The first-order valence-corrected chi connectivity index (χ1v) is 7.08. The lowest BCUT2D eigenvalue weighted by atomic mass is 10.1. The zero-order chi connectivity index (χ0) is 15.0. The van der Waals surface area contributed by atoms with E-state index in [-0.39, 0.29) is 6.42 Å². The van der Waals surface area contributed by atoms with Crippen molar-refractivity contribution in [3.05, 3.63) is 33.8 Å². The summed E-state index contributed by atoms with van der Waals surface area (Å²) in [6, 6.07) is 5.17. The van der Waals surface area contributed by atoms with Crippen molar-refractivity contribution in [2.24, 2.45) is 0 Å². The summed E-state index contributed by atoms with van der Waals surface area (Å²) in [5.74, 6) is 5.06. The summed E-state index contributed by atoms with van der Waals surface area (Å²) in [7, 11) is 0. The third-order valence-corrected chi connectivity index (χ3v) is 3.42. The number of halogens is 2. The fourth-order valence-electron chi connectivity index (χ4n) is 1.61. The largest absolute Gasteiger partial charge is 0.481 e. The van der Waals surface area contributed by atoms with Crippen molar-refractivity contribution in [3.8, 4) is 11.8 Å². The van der Waals surface area contributed by atoms with Crippen LogP contribution in [0.2, 0.25) is 10.0 Å². The number of aliphatic hydroxyl groups is 1. The van der Waals surface area contributed by atoms with Crippen LogP contribution in [0.5, 0.6) is 0 Å². The zero-order valence-electron chi connectivity index (χ0n) is 10.9. The average Bonchev–Trinajstić information content (AvgIpc) is 2.38. The molecule has 1 atom stereocenters. The Kier molecular flexibility index (Phi) is 7.46. The number of aliphatic carboxylic acids is 1. The van der Waals surface area contributed by atoms with Gasteiger partial charge in [-0.15, -0.1) is 0 Å². The molecule has 0 aromatic heterocycles. The van der Waals surface area contributed by atoms with Crippen LogP contribution in [-0.4, -0.2) is 22.3 Å². The van der Waals surface area contributed by atoms with Crippen LogP contribution in [0.3, 0.4) is 0 Å². The van der Waals surface area contributed by atoms with Crippen molar-refractivity contribution in [1.82, 2.24) is 0 Å². The van der Waals surface area contributed by atoms with Gasteiger partial charge < -0.3 is 10.2 Å². The molecule has 20 heavy (non-hydrogen) atoms. The first-order chi connectivity index (χ1) is 9.49. The van der Waals surface area contributed by atoms with E-state index in [0.29, 0.717) is 35.7 Å². The molecule has 0 aliphatic heterocycles. The minimum atomic E-state index is -0.836. The Labute approximate surface area is 128 Å². The molecule has 5 heteroatoms. The van der Waals surface area contributed by atoms with Gasteiger partial charge >= 0.3 is 5.97 Å². The van der Waals surface area contributed by atoms with Crippen LogP contribution in [0, 0.1) is 11.8 Å². The number of benzene rings is 1. The molecular weight excluding hydrogens is 299 g/mol. The number of rotatable bonds is 6. The molecule has 1 aromatic carbocycles. The normalized spacial score (nSPS) is 11.6. The van der Waals surface area contributed by atoms with Gasteiger partial charge in [-0.1, -0.05) is 35.0 Å². The van der Waals surface area contributed by atoms with Crippen molar-refractivity contribution in [2.75, 3.05) is 0 Å². The Balaban J connectivity index is 2.31. The molecule has 0 amide bonds. The SMILES string of the molecule is O=C(O)CCCC(O)CCC#Cc1ccc(Cl)c(Cl)c1. The highest BCUT2D eigenvalue weighted by molar-refractivity contribution is 6.42. The van der Waals surface area contributed by atoms with E-state index in [1.807, 2.05) is 0 Å². The number of aliphatic hydroxyl groups excluding tert-OH is 1.